The minimum atomic E-state index is -0.402. The van der Waals surface area contributed by atoms with Crippen molar-refractivity contribution in [2.75, 3.05) is 0 Å². The highest BCUT2D eigenvalue weighted by Gasteiger charge is 2.54. The fraction of sp³-hybridized carbons (Fsp3) is 1.00. The quantitative estimate of drug-likeness (QED) is 0.561. The molecular weight excluding hydrogens is 152 g/mol. The summed E-state index contributed by atoms with van der Waals surface area (Å²) >= 11 is 0. The highest BCUT2D eigenvalue weighted by Crippen LogP contribution is 2.56. The van der Waals surface area contributed by atoms with Crippen molar-refractivity contribution >= 4 is 0 Å². The first kappa shape index (κ1) is 7.34. The second-order valence-electron chi connectivity index (χ2n) is 4.88. The van der Waals surface area contributed by atoms with E-state index in [4.69, 9.17) is 0 Å². The molecule has 6 atom stereocenters. The second-order valence-corrected chi connectivity index (χ2v) is 4.88. The first-order chi connectivity index (χ1) is 5.77. The summed E-state index contributed by atoms with van der Waals surface area (Å²) in [6.45, 7) is 0. The van der Waals surface area contributed by atoms with E-state index in [0.717, 1.165) is 18.3 Å². The molecule has 0 aromatic rings. The smallest absolute Gasteiger partial charge is 0.0832 e. The molecule has 0 amide bonds. The molecule has 6 unspecified atom stereocenters. The minimum absolute atomic E-state index is 0.402. The van der Waals surface area contributed by atoms with Gasteiger partial charge in [0.2, 0.25) is 0 Å². The lowest BCUT2D eigenvalue weighted by atomic mass is 9.75. The van der Waals surface area contributed by atoms with Gasteiger partial charge in [-0.25, -0.2) is 0 Å². The Morgan fingerprint density at radius 3 is 2.33 bits per heavy atom. The minimum Gasteiger partial charge on any atom is -0.390 e. The van der Waals surface area contributed by atoms with E-state index < -0.39 is 12.2 Å². The lowest BCUT2D eigenvalue weighted by Crippen LogP contribution is -2.42. The van der Waals surface area contributed by atoms with Gasteiger partial charge in [-0.05, 0) is 49.4 Å². The molecule has 12 heavy (non-hydrogen) atoms. The van der Waals surface area contributed by atoms with E-state index in [0.29, 0.717) is 11.8 Å². The van der Waals surface area contributed by atoms with E-state index in [9.17, 15) is 10.2 Å². The summed E-state index contributed by atoms with van der Waals surface area (Å²) in [7, 11) is 0. The lowest BCUT2D eigenvalue weighted by molar-refractivity contribution is -0.0740. The van der Waals surface area contributed by atoms with Crippen molar-refractivity contribution in [1.29, 1.82) is 0 Å². The van der Waals surface area contributed by atoms with Gasteiger partial charge in [0.05, 0.1) is 12.2 Å². The third-order valence-electron chi connectivity index (χ3n) is 4.49. The van der Waals surface area contributed by atoms with E-state index in [1.54, 1.807) is 0 Å². The molecule has 0 spiro atoms. The van der Waals surface area contributed by atoms with Gasteiger partial charge in [0, 0.05) is 0 Å². The van der Waals surface area contributed by atoms with Gasteiger partial charge in [-0.15, -0.1) is 0 Å². The molecule has 0 saturated heterocycles. The van der Waals surface area contributed by atoms with E-state index >= 15 is 0 Å². The van der Waals surface area contributed by atoms with Crippen LogP contribution in [0, 0.1) is 23.7 Å². The van der Waals surface area contributed by atoms with E-state index in [1.807, 2.05) is 0 Å². The molecule has 2 N–H and O–H groups in total. The Bertz CT molecular complexity index is 194. The van der Waals surface area contributed by atoms with Gasteiger partial charge < -0.3 is 10.2 Å². The summed E-state index contributed by atoms with van der Waals surface area (Å²) in [5, 5.41) is 19.6. The Kier molecular flexibility index (Phi) is 1.37. The molecular formula is C10H16O2. The van der Waals surface area contributed by atoms with Crippen LogP contribution in [-0.4, -0.2) is 22.4 Å². The number of aliphatic hydroxyl groups excluding tert-OH is 2. The maximum absolute atomic E-state index is 9.79. The number of fused-ring (bicyclic) bond motifs is 3. The SMILES string of the molecule is OC1C(O)C2CC3CC2CCC31. The van der Waals surface area contributed by atoms with Crippen LogP contribution < -0.4 is 0 Å². The van der Waals surface area contributed by atoms with Crippen LogP contribution >= 0.6 is 0 Å². The van der Waals surface area contributed by atoms with Gasteiger partial charge >= 0.3 is 0 Å². The van der Waals surface area contributed by atoms with Gasteiger partial charge in [-0.1, -0.05) is 0 Å². The Hall–Kier alpha value is -0.0800. The largest absolute Gasteiger partial charge is 0.390 e. The highest BCUT2D eigenvalue weighted by atomic mass is 16.3. The van der Waals surface area contributed by atoms with Crippen LogP contribution in [0.4, 0.5) is 0 Å². The van der Waals surface area contributed by atoms with Crippen molar-refractivity contribution in [2.45, 2.75) is 37.9 Å². The third kappa shape index (κ3) is 0.728. The molecule has 3 aliphatic carbocycles. The summed E-state index contributed by atoms with van der Waals surface area (Å²) in [6, 6.07) is 0. The maximum Gasteiger partial charge on any atom is 0.0832 e. The van der Waals surface area contributed by atoms with Crippen LogP contribution in [0.5, 0.6) is 0 Å². The van der Waals surface area contributed by atoms with Crippen molar-refractivity contribution < 1.29 is 10.2 Å². The van der Waals surface area contributed by atoms with Crippen LogP contribution in [0.15, 0.2) is 0 Å². The molecule has 3 fully saturated rings. The fourth-order valence-electron chi connectivity index (χ4n) is 3.90. The topological polar surface area (TPSA) is 40.5 Å². The molecule has 0 aromatic carbocycles. The molecule has 2 heteroatoms. The molecule has 0 aromatic heterocycles. The Morgan fingerprint density at radius 1 is 0.750 bits per heavy atom. The highest BCUT2D eigenvalue weighted by molar-refractivity contribution is 5.04. The van der Waals surface area contributed by atoms with E-state index in [1.165, 1.54) is 19.3 Å². The van der Waals surface area contributed by atoms with Crippen LogP contribution in [0.1, 0.15) is 25.7 Å². The predicted molar refractivity (Wildman–Crippen MR) is 44.4 cm³/mol. The zero-order valence-electron chi connectivity index (χ0n) is 7.19. The van der Waals surface area contributed by atoms with Gasteiger partial charge in [-0.2, -0.15) is 0 Å². The molecule has 2 nitrogen and oxygen atoms in total. The molecule has 3 bridgehead atoms. The molecule has 3 aliphatic rings. The maximum atomic E-state index is 9.79. The summed E-state index contributed by atoms with van der Waals surface area (Å²) in [4.78, 5) is 0. The third-order valence-corrected chi connectivity index (χ3v) is 4.49. The monoisotopic (exact) mass is 168 g/mol. The lowest BCUT2D eigenvalue weighted by Gasteiger charge is -2.35. The molecule has 0 aliphatic heterocycles. The first-order valence-corrected chi connectivity index (χ1v) is 5.13. The number of aliphatic hydroxyl groups is 2. The van der Waals surface area contributed by atoms with Gasteiger partial charge in [-0.3, -0.25) is 0 Å². The number of hydrogen-bond acceptors (Lipinski definition) is 2. The van der Waals surface area contributed by atoms with Crippen molar-refractivity contribution in [3.63, 3.8) is 0 Å². The van der Waals surface area contributed by atoms with Gasteiger partial charge in [0.25, 0.3) is 0 Å². The zero-order chi connectivity index (χ0) is 8.29. The Morgan fingerprint density at radius 2 is 1.50 bits per heavy atom. The number of rotatable bonds is 0. The van der Waals surface area contributed by atoms with Gasteiger partial charge in [0.15, 0.2) is 0 Å². The molecule has 0 heterocycles. The summed E-state index contributed by atoms with van der Waals surface area (Å²) in [5.74, 6) is 2.34. The van der Waals surface area contributed by atoms with E-state index in [-0.39, 0.29) is 0 Å². The predicted octanol–water partition coefficient (Wildman–Crippen LogP) is 0.774. The average Bonchev–Trinajstić information content (AvgIpc) is 2.33. The molecule has 3 rings (SSSR count). The average molecular weight is 168 g/mol. The molecule has 3 saturated carbocycles. The first-order valence-electron chi connectivity index (χ1n) is 5.13. The number of hydrogen-bond donors (Lipinski definition) is 2. The van der Waals surface area contributed by atoms with E-state index in [2.05, 4.69) is 0 Å². The van der Waals surface area contributed by atoms with Crippen molar-refractivity contribution in [3.05, 3.63) is 0 Å². The van der Waals surface area contributed by atoms with Crippen LogP contribution in [-0.2, 0) is 0 Å². The standard InChI is InChI=1S/C10H16O2/c11-9-7-2-1-5-3-6(7)4-8(5)10(9)12/h5-12H,1-4H2. The van der Waals surface area contributed by atoms with Crippen molar-refractivity contribution in [3.8, 4) is 0 Å². The summed E-state index contributed by atoms with van der Waals surface area (Å²) < 4.78 is 0. The van der Waals surface area contributed by atoms with Crippen LogP contribution in [0.25, 0.3) is 0 Å². The van der Waals surface area contributed by atoms with Gasteiger partial charge in [0.1, 0.15) is 0 Å². The van der Waals surface area contributed by atoms with Crippen LogP contribution in [0.3, 0.4) is 0 Å². The molecule has 0 radical (unpaired) electrons. The Labute approximate surface area is 72.6 Å². The van der Waals surface area contributed by atoms with Crippen molar-refractivity contribution in [2.24, 2.45) is 23.7 Å². The van der Waals surface area contributed by atoms with Crippen LogP contribution in [0.2, 0.25) is 0 Å². The molecule has 68 valence electrons. The second kappa shape index (κ2) is 2.24. The Balaban J connectivity index is 1.99. The summed E-state index contributed by atoms with van der Waals surface area (Å²) in [5.41, 5.74) is 0. The normalized spacial score (nSPS) is 62.5. The summed E-state index contributed by atoms with van der Waals surface area (Å²) in [6.07, 6.45) is 4.07. The fourth-order valence-corrected chi connectivity index (χ4v) is 3.90. The van der Waals surface area contributed by atoms with Crippen molar-refractivity contribution in [1.82, 2.24) is 0 Å². The zero-order valence-corrected chi connectivity index (χ0v) is 7.19.